The molecule has 6 heteroatoms. The lowest BCUT2D eigenvalue weighted by Gasteiger charge is -2.22. The quantitative estimate of drug-likeness (QED) is 0.859. The molecule has 0 saturated carbocycles. The third-order valence-electron chi connectivity index (χ3n) is 3.71. The van der Waals surface area contributed by atoms with Gasteiger partial charge in [0.25, 0.3) is 0 Å². The van der Waals surface area contributed by atoms with E-state index in [0.29, 0.717) is 29.6 Å². The van der Waals surface area contributed by atoms with Crippen LogP contribution in [0.5, 0.6) is 0 Å². The summed E-state index contributed by atoms with van der Waals surface area (Å²) >= 11 is 0. The van der Waals surface area contributed by atoms with E-state index in [1.807, 2.05) is 18.0 Å². The first-order chi connectivity index (χ1) is 10.2. The third kappa shape index (κ3) is 2.72. The fourth-order valence-electron chi connectivity index (χ4n) is 2.69. The number of aryl methyl sites for hydroxylation is 3. The van der Waals surface area contributed by atoms with E-state index in [1.165, 1.54) is 18.4 Å². The van der Waals surface area contributed by atoms with Gasteiger partial charge in [-0.15, -0.1) is 0 Å². The van der Waals surface area contributed by atoms with Crippen LogP contribution >= 0.6 is 0 Å². The zero-order valence-electron chi connectivity index (χ0n) is 12.3. The van der Waals surface area contributed by atoms with E-state index in [2.05, 4.69) is 16.2 Å². The Labute approximate surface area is 123 Å². The summed E-state index contributed by atoms with van der Waals surface area (Å²) in [6, 6.07) is 4.23. The van der Waals surface area contributed by atoms with Crippen molar-refractivity contribution in [2.45, 2.75) is 39.2 Å². The van der Waals surface area contributed by atoms with E-state index < -0.39 is 0 Å². The van der Waals surface area contributed by atoms with Crippen LogP contribution in [0.4, 0.5) is 5.82 Å². The number of hydrogen-bond donors (Lipinski definition) is 0. The van der Waals surface area contributed by atoms with Gasteiger partial charge in [-0.3, -0.25) is 0 Å². The summed E-state index contributed by atoms with van der Waals surface area (Å²) in [5.41, 5.74) is 2.94. The van der Waals surface area contributed by atoms with Gasteiger partial charge >= 0.3 is 0 Å². The molecular formula is C15H17N5O. The Morgan fingerprint density at radius 1 is 1.33 bits per heavy atom. The molecular weight excluding hydrogens is 266 g/mol. The van der Waals surface area contributed by atoms with Gasteiger partial charge in [-0.2, -0.15) is 10.2 Å². The molecule has 0 unspecified atom stereocenters. The number of pyridine rings is 1. The highest BCUT2D eigenvalue weighted by atomic mass is 16.5. The number of nitrogens with zero attached hydrogens (tertiary/aromatic N) is 5. The Balaban J connectivity index is 1.91. The maximum atomic E-state index is 9.37. The average Bonchev–Trinajstić information content (AvgIpc) is 2.90. The number of nitriles is 1. The highest BCUT2D eigenvalue weighted by Gasteiger charge is 2.18. The molecule has 0 atom stereocenters. The molecule has 21 heavy (non-hydrogen) atoms. The molecule has 0 bridgehead atoms. The van der Waals surface area contributed by atoms with Crippen molar-refractivity contribution >= 4 is 5.82 Å². The maximum Gasteiger partial charge on any atom is 0.223 e. The van der Waals surface area contributed by atoms with E-state index in [9.17, 15) is 5.26 Å². The summed E-state index contributed by atoms with van der Waals surface area (Å²) < 4.78 is 4.98. The maximum absolute atomic E-state index is 9.37. The smallest absolute Gasteiger partial charge is 0.223 e. The lowest BCUT2D eigenvalue weighted by molar-refractivity contribution is 0.387. The van der Waals surface area contributed by atoms with Gasteiger partial charge in [0.1, 0.15) is 11.9 Å². The Bertz CT molecular complexity index is 701. The molecule has 0 radical (unpaired) electrons. The molecule has 108 valence electrons. The van der Waals surface area contributed by atoms with Gasteiger partial charge in [-0.1, -0.05) is 5.16 Å². The van der Waals surface area contributed by atoms with Crippen molar-refractivity contribution in [1.29, 1.82) is 5.26 Å². The molecule has 1 aliphatic rings. The van der Waals surface area contributed by atoms with Crippen molar-refractivity contribution in [3.63, 3.8) is 0 Å². The van der Waals surface area contributed by atoms with Gasteiger partial charge in [-0.25, -0.2) is 4.98 Å². The monoisotopic (exact) mass is 283 g/mol. The van der Waals surface area contributed by atoms with Crippen LogP contribution in [0.2, 0.25) is 0 Å². The van der Waals surface area contributed by atoms with E-state index >= 15 is 0 Å². The fraction of sp³-hybridized carbons (Fsp3) is 0.467. The molecule has 1 aliphatic carbocycles. The minimum absolute atomic E-state index is 0.470. The number of rotatable bonds is 3. The van der Waals surface area contributed by atoms with Gasteiger partial charge in [0.05, 0.1) is 12.1 Å². The zero-order valence-corrected chi connectivity index (χ0v) is 12.3. The van der Waals surface area contributed by atoms with Crippen molar-refractivity contribution < 1.29 is 4.52 Å². The normalized spacial score (nSPS) is 13.6. The summed E-state index contributed by atoms with van der Waals surface area (Å²) in [5.74, 6) is 1.83. The first-order valence-electron chi connectivity index (χ1n) is 7.10. The summed E-state index contributed by atoms with van der Waals surface area (Å²) in [6.45, 7) is 2.23. The topological polar surface area (TPSA) is 78.8 Å². The van der Waals surface area contributed by atoms with Gasteiger partial charge in [0.15, 0.2) is 5.82 Å². The van der Waals surface area contributed by atoms with Crippen LogP contribution in [0.1, 0.15) is 41.4 Å². The summed E-state index contributed by atoms with van der Waals surface area (Å²) in [7, 11) is 1.89. The van der Waals surface area contributed by atoms with E-state index in [0.717, 1.165) is 18.5 Å². The van der Waals surface area contributed by atoms with Crippen molar-refractivity contribution in [2.75, 3.05) is 11.9 Å². The van der Waals surface area contributed by atoms with Crippen LogP contribution in [-0.4, -0.2) is 22.2 Å². The molecule has 0 fully saturated rings. The lowest BCUT2D eigenvalue weighted by Crippen LogP contribution is -2.21. The predicted molar refractivity (Wildman–Crippen MR) is 76.7 cm³/mol. The second-order valence-corrected chi connectivity index (χ2v) is 5.37. The predicted octanol–water partition coefficient (Wildman–Crippen LogP) is 2.16. The lowest BCUT2D eigenvalue weighted by atomic mass is 9.95. The molecule has 0 N–H and O–H groups in total. The zero-order chi connectivity index (χ0) is 14.8. The van der Waals surface area contributed by atoms with Gasteiger partial charge in [0.2, 0.25) is 5.89 Å². The average molecular weight is 283 g/mol. The molecule has 3 rings (SSSR count). The summed E-state index contributed by atoms with van der Waals surface area (Å²) in [4.78, 5) is 10.8. The van der Waals surface area contributed by atoms with Gasteiger partial charge < -0.3 is 9.42 Å². The molecule has 2 aromatic heterocycles. The Hall–Kier alpha value is -2.42. The molecule has 0 amide bonds. The molecule has 0 aromatic carbocycles. The van der Waals surface area contributed by atoms with Crippen LogP contribution in [-0.2, 0) is 19.4 Å². The molecule has 0 saturated heterocycles. The number of hydrogen-bond acceptors (Lipinski definition) is 6. The van der Waals surface area contributed by atoms with Gasteiger partial charge in [0, 0.05) is 19.7 Å². The minimum atomic E-state index is 0.470. The van der Waals surface area contributed by atoms with E-state index in [4.69, 9.17) is 9.51 Å². The first-order valence-corrected chi connectivity index (χ1v) is 7.10. The largest absolute Gasteiger partial charge is 0.351 e. The number of anilines is 1. The van der Waals surface area contributed by atoms with E-state index in [1.54, 1.807) is 6.92 Å². The minimum Gasteiger partial charge on any atom is -0.351 e. The van der Waals surface area contributed by atoms with Crippen LogP contribution < -0.4 is 4.90 Å². The Morgan fingerprint density at radius 2 is 2.14 bits per heavy atom. The number of fused-ring (bicyclic) bond motifs is 1. The molecule has 2 heterocycles. The van der Waals surface area contributed by atoms with Crippen LogP contribution in [0.3, 0.4) is 0 Å². The summed E-state index contributed by atoms with van der Waals surface area (Å²) in [6.07, 6.45) is 4.35. The molecule has 2 aromatic rings. The molecule has 0 aliphatic heterocycles. The second kappa shape index (κ2) is 5.52. The van der Waals surface area contributed by atoms with Crippen LogP contribution in [0.25, 0.3) is 0 Å². The Morgan fingerprint density at radius 3 is 2.86 bits per heavy atom. The highest BCUT2D eigenvalue weighted by Crippen LogP contribution is 2.26. The standard InChI is InChI=1S/C15H17N5O/c1-10-17-14(19-21-10)9-20(2)15-12(8-16)7-11-5-3-4-6-13(11)18-15/h7H,3-6,9H2,1-2H3. The first kappa shape index (κ1) is 13.6. The van der Waals surface area contributed by atoms with Crippen molar-refractivity contribution in [3.8, 4) is 6.07 Å². The van der Waals surface area contributed by atoms with Crippen LogP contribution in [0.15, 0.2) is 10.6 Å². The van der Waals surface area contributed by atoms with E-state index in [-0.39, 0.29) is 0 Å². The number of aromatic nitrogens is 3. The molecule has 0 spiro atoms. The third-order valence-corrected chi connectivity index (χ3v) is 3.71. The highest BCUT2D eigenvalue weighted by molar-refractivity contribution is 5.56. The Kier molecular flexibility index (Phi) is 3.57. The second-order valence-electron chi connectivity index (χ2n) is 5.37. The molecule has 6 nitrogen and oxygen atoms in total. The summed E-state index contributed by atoms with van der Waals surface area (Å²) in [5, 5.41) is 13.3. The SMILES string of the molecule is Cc1nc(CN(C)c2nc3c(cc2C#N)CCCC3)no1. The van der Waals surface area contributed by atoms with Crippen molar-refractivity contribution in [2.24, 2.45) is 0 Å². The van der Waals surface area contributed by atoms with Crippen molar-refractivity contribution in [3.05, 3.63) is 34.6 Å². The van der Waals surface area contributed by atoms with Crippen molar-refractivity contribution in [1.82, 2.24) is 15.1 Å². The van der Waals surface area contributed by atoms with Crippen LogP contribution in [0, 0.1) is 18.3 Å². The van der Waals surface area contributed by atoms with Gasteiger partial charge in [-0.05, 0) is 37.3 Å². The fourth-order valence-corrected chi connectivity index (χ4v) is 2.69.